The van der Waals surface area contributed by atoms with Crippen LogP contribution in [0, 0.1) is 17.5 Å². The number of fused-ring (bicyclic) bond motifs is 2. The molecule has 5 rings (SSSR count). The second-order valence-electron chi connectivity index (χ2n) is 7.18. The minimum Gasteiger partial charge on any atom is -0.358 e. The normalized spacial score (nSPS) is 12.4. The van der Waals surface area contributed by atoms with E-state index in [2.05, 4.69) is 30.2 Å². The molecule has 12 heteroatoms. The van der Waals surface area contributed by atoms with E-state index in [0.29, 0.717) is 23.0 Å². The summed E-state index contributed by atoms with van der Waals surface area (Å²) in [4.78, 5) is 33.2. The summed E-state index contributed by atoms with van der Waals surface area (Å²) in [5.74, 6) is -2.19. The summed E-state index contributed by atoms with van der Waals surface area (Å²) >= 11 is 6.05. The van der Waals surface area contributed by atoms with Gasteiger partial charge in [0.1, 0.15) is 35.1 Å². The lowest BCUT2D eigenvalue weighted by atomic mass is 10.2. The van der Waals surface area contributed by atoms with Crippen LogP contribution in [0.4, 0.5) is 19.0 Å². The van der Waals surface area contributed by atoms with E-state index >= 15 is 0 Å². The fourth-order valence-electron chi connectivity index (χ4n) is 3.57. The first-order chi connectivity index (χ1) is 15.8. The van der Waals surface area contributed by atoms with E-state index in [1.165, 1.54) is 18.7 Å². The Morgan fingerprint density at radius 2 is 1.85 bits per heavy atom. The van der Waals surface area contributed by atoms with Crippen LogP contribution in [-0.4, -0.2) is 29.5 Å². The number of benzene rings is 2. The van der Waals surface area contributed by atoms with E-state index in [1.807, 2.05) is 0 Å². The van der Waals surface area contributed by atoms with Crippen molar-refractivity contribution in [1.82, 2.24) is 29.5 Å². The Labute approximate surface area is 188 Å². The van der Waals surface area contributed by atoms with Crippen molar-refractivity contribution in [2.24, 2.45) is 0 Å². The number of H-pyrrole nitrogens is 1. The fourth-order valence-corrected chi connectivity index (χ4v) is 3.82. The first kappa shape index (κ1) is 20.9. The number of aromatic nitrogens is 6. The molecule has 0 radical (unpaired) electrons. The Morgan fingerprint density at radius 3 is 2.61 bits per heavy atom. The number of imidazole rings is 1. The summed E-state index contributed by atoms with van der Waals surface area (Å²) < 4.78 is 43.1. The van der Waals surface area contributed by atoms with Gasteiger partial charge in [-0.25, -0.2) is 33.1 Å². The summed E-state index contributed by atoms with van der Waals surface area (Å²) in [7, 11) is 0. The van der Waals surface area contributed by atoms with Gasteiger partial charge < -0.3 is 10.3 Å². The standard InChI is InChI=1S/C21H13ClF3N7O/c1-9(30-19-17-18(27-7-26-17)28-8-29-19)20-31-14-3-2-13(25)16(22)15(14)21(33)32(20)12-5-10(23)4-11(24)6-12/h2-9H,1H3,(H2,26,27,28,29,30)/t9-/m0/s1. The van der Waals surface area contributed by atoms with Crippen molar-refractivity contribution in [3.8, 4) is 5.69 Å². The Balaban J connectivity index is 1.75. The van der Waals surface area contributed by atoms with Crippen LogP contribution in [0.1, 0.15) is 18.8 Å². The summed E-state index contributed by atoms with van der Waals surface area (Å²) in [6.07, 6.45) is 2.77. The molecule has 0 spiro atoms. The first-order valence-corrected chi connectivity index (χ1v) is 9.99. The second-order valence-corrected chi connectivity index (χ2v) is 7.56. The van der Waals surface area contributed by atoms with Crippen LogP contribution >= 0.6 is 11.6 Å². The molecule has 8 nitrogen and oxygen atoms in total. The maximum Gasteiger partial charge on any atom is 0.267 e. The number of nitrogens with zero attached hydrogens (tertiary/aromatic N) is 5. The summed E-state index contributed by atoms with van der Waals surface area (Å²) in [6.45, 7) is 1.67. The molecule has 0 bridgehead atoms. The molecule has 33 heavy (non-hydrogen) atoms. The monoisotopic (exact) mass is 471 g/mol. The molecule has 2 aromatic carbocycles. The van der Waals surface area contributed by atoms with E-state index in [4.69, 9.17) is 11.6 Å². The van der Waals surface area contributed by atoms with Gasteiger partial charge in [0.25, 0.3) is 5.56 Å². The SMILES string of the molecule is C[C@H](Nc1ncnc2[nH]cnc12)c1nc2ccc(F)c(Cl)c2c(=O)n1-c1cc(F)cc(F)c1. The maximum absolute atomic E-state index is 14.1. The Kier molecular flexibility index (Phi) is 4.97. The molecule has 2 N–H and O–H groups in total. The Hall–Kier alpha value is -3.99. The number of hydrogen-bond donors (Lipinski definition) is 2. The predicted molar refractivity (Wildman–Crippen MR) is 116 cm³/mol. The first-order valence-electron chi connectivity index (χ1n) is 9.61. The van der Waals surface area contributed by atoms with Crippen LogP contribution < -0.4 is 10.9 Å². The zero-order valence-electron chi connectivity index (χ0n) is 16.8. The van der Waals surface area contributed by atoms with Crippen molar-refractivity contribution in [2.75, 3.05) is 5.32 Å². The molecule has 0 fully saturated rings. The molecule has 0 unspecified atom stereocenters. The van der Waals surface area contributed by atoms with E-state index in [1.54, 1.807) is 6.92 Å². The second kappa shape index (κ2) is 7.85. The van der Waals surface area contributed by atoms with Crippen molar-refractivity contribution in [3.63, 3.8) is 0 Å². The third-order valence-corrected chi connectivity index (χ3v) is 5.39. The molecular weight excluding hydrogens is 459 g/mol. The molecule has 3 aromatic heterocycles. The highest BCUT2D eigenvalue weighted by molar-refractivity contribution is 6.35. The van der Waals surface area contributed by atoms with Crippen LogP contribution in [0.2, 0.25) is 5.02 Å². The molecule has 0 aliphatic rings. The third kappa shape index (κ3) is 3.55. The predicted octanol–water partition coefficient (Wildman–Crippen LogP) is 4.30. The zero-order chi connectivity index (χ0) is 23.3. The van der Waals surface area contributed by atoms with Gasteiger partial charge in [-0.2, -0.15) is 0 Å². The molecule has 0 aliphatic heterocycles. The van der Waals surface area contributed by atoms with Gasteiger partial charge in [0, 0.05) is 6.07 Å². The van der Waals surface area contributed by atoms with Gasteiger partial charge in [0.15, 0.2) is 11.5 Å². The van der Waals surface area contributed by atoms with Gasteiger partial charge in [-0.15, -0.1) is 0 Å². The number of hydrogen-bond acceptors (Lipinski definition) is 6. The van der Waals surface area contributed by atoms with Crippen molar-refractivity contribution in [1.29, 1.82) is 0 Å². The molecule has 0 aliphatic carbocycles. The fraction of sp³-hybridized carbons (Fsp3) is 0.0952. The van der Waals surface area contributed by atoms with Crippen molar-refractivity contribution >= 4 is 39.5 Å². The molecule has 1 atom stereocenters. The highest BCUT2D eigenvalue weighted by Gasteiger charge is 2.22. The molecule has 0 saturated heterocycles. The molecule has 5 aromatic rings. The van der Waals surface area contributed by atoms with Crippen LogP contribution in [0.3, 0.4) is 0 Å². The van der Waals surface area contributed by atoms with E-state index in [9.17, 15) is 18.0 Å². The Bertz CT molecular complexity index is 1580. The third-order valence-electron chi connectivity index (χ3n) is 5.02. The number of halogens is 4. The van der Waals surface area contributed by atoms with Gasteiger partial charge in [-0.05, 0) is 31.2 Å². The van der Waals surface area contributed by atoms with Gasteiger partial charge >= 0.3 is 0 Å². The topological polar surface area (TPSA) is 101 Å². The molecule has 3 heterocycles. The van der Waals surface area contributed by atoms with Crippen LogP contribution in [0.15, 0.2) is 47.8 Å². The highest BCUT2D eigenvalue weighted by atomic mass is 35.5. The number of nitrogens with one attached hydrogen (secondary N) is 2. The maximum atomic E-state index is 14.1. The quantitative estimate of drug-likeness (QED) is 0.405. The largest absolute Gasteiger partial charge is 0.358 e. The lowest BCUT2D eigenvalue weighted by Gasteiger charge is -2.20. The van der Waals surface area contributed by atoms with E-state index in [0.717, 1.165) is 22.8 Å². The van der Waals surface area contributed by atoms with E-state index < -0.39 is 34.1 Å². The number of rotatable bonds is 4. The minimum atomic E-state index is -0.900. The van der Waals surface area contributed by atoms with Crippen LogP contribution in [0.5, 0.6) is 0 Å². The molecular formula is C21H13ClF3N7O. The van der Waals surface area contributed by atoms with Gasteiger partial charge in [0.2, 0.25) is 0 Å². The molecule has 0 amide bonds. The van der Waals surface area contributed by atoms with Crippen molar-refractivity contribution in [2.45, 2.75) is 13.0 Å². The number of anilines is 1. The van der Waals surface area contributed by atoms with Crippen molar-refractivity contribution < 1.29 is 13.2 Å². The lowest BCUT2D eigenvalue weighted by molar-refractivity contribution is 0.579. The van der Waals surface area contributed by atoms with Crippen LogP contribution in [0.25, 0.3) is 27.8 Å². The summed E-state index contributed by atoms with van der Waals surface area (Å²) in [6, 6.07) is 4.29. The lowest BCUT2D eigenvalue weighted by Crippen LogP contribution is -2.28. The molecule has 0 saturated carbocycles. The zero-order valence-corrected chi connectivity index (χ0v) is 17.5. The minimum absolute atomic E-state index is 0.0856. The highest BCUT2D eigenvalue weighted by Crippen LogP contribution is 2.27. The average Bonchev–Trinajstić information content (AvgIpc) is 3.25. The Morgan fingerprint density at radius 1 is 1.09 bits per heavy atom. The van der Waals surface area contributed by atoms with Crippen molar-refractivity contribution in [3.05, 3.63) is 81.6 Å². The summed E-state index contributed by atoms with van der Waals surface area (Å²) in [5, 5.41) is 2.45. The van der Waals surface area contributed by atoms with Crippen LogP contribution in [-0.2, 0) is 0 Å². The summed E-state index contributed by atoms with van der Waals surface area (Å²) in [5.41, 5.74) is 0.129. The van der Waals surface area contributed by atoms with Gasteiger partial charge in [0.05, 0.1) is 34.0 Å². The molecule has 166 valence electrons. The average molecular weight is 472 g/mol. The number of aromatic amines is 1. The smallest absolute Gasteiger partial charge is 0.267 e. The van der Waals surface area contributed by atoms with E-state index in [-0.39, 0.29) is 22.4 Å². The van der Waals surface area contributed by atoms with Gasteiger partial charge in [-0.1, -0.05) is 11.6 Å². The van der Waals surface area contributed by atoms with Gasteiger partial charge in [-0.3, -0.25) is 9.36 Å².